The third-order valence-corrected chi connectivity index (χ3v) is 5.34. The summed E-state index contributed by atoms with van der Waals surface area (Å²) in [7, 11) is 0. The highest BCUT2D eigenvalue weighted by Crippen LogP contribution is 2.40. The summed E-state index contributed by atoms with van der Waals surface area (Å²) in [6.45, 7) is 3.80. The molecule has 2 N–H and O–H groups in total. The first-order valence-corrected chi connectivity index (χ1v) is 9.51. The molecule has 1 aromatic rings. The molecule has 9 heteroatoms. The van der Waals surface area contributed by atoms with Crippen molar-refractivity contribution in [2.75, 3.05) is 13.2 Å². The Morgan fingerprint density at radius 3 is 2.96 bits per heavy atom. The van der Waals surface area contributed by atoms with Crippen LogP contribution in [0, 0.1) is 17.8 Å². The molecular formula is C18H29N5O4. The van der Waals surface area contributed by atoms with Crippen LogP contribution in [0.4, 0.5) is 0 Å². The monoisotopic (exact) mass is 382 g/mol. The zero-order chi connectivity index (χ0) is 21.9. The average molecular weight is 382 g/mol. The van der Waals surface area contributed by atoms with Gasteiger partial charge in [-0.25, -0.2) is 4.79 Å². The van der Waals surface area contributed by atoms with Crippen LogP contribution in [0.1, 0.15) is 55.9 Å². The average Bonchev–Trinajstić information content (AvgIpc) is 3.23. The summed E-state index contributed by atoms with van der Waals surface area (Å²) in [5.74, 6) is -0.867. The van der Waals surface area contributed by atoms with E-state index in [1.807, 2.05) is 0 Å². The Hall–Kier alpha value is -2.03. The lowest BCUT2D eigenvalue weighted by Crippen LogP contribution is -2.51. The summed E-state index contributed by atoms with van der Waals surface area (Å²) in [6.07, 6.45) is 0.242. The van der Waals surface area contributed by atoms with Gasteiger partial charge in [0, 0.05) is 9.11 Å². The third kappa shape index (κ3) is 5.24. The molecule has 0 bridgehead atoms. The minimum atomic E-state index is -1.69. The van der Waals surface area contributed by atoms with Crippen LogP contribution in [0.5, 0.6) is 0 Å². The maximum atomic E-state index is 12.6. The van der Waals surface area contributed by atoms with E-state index in [9.17, 15) is 9.59 Å². The first-order valence-electron chi connectivity index (χ1n) is 11.0. The number of hydrogen-bond acceptors (Lipinski definition) is 8. The van der Waals surface area contributed by atoms with Crippen LogP contribution in [0.15, 0.2) is 0 Å². The van der Waals surface area contributed by atoms with Gasteiger partial charge in [0.2, 0.25) is 0 Å². The van der Waals surface area contributed by atoms with E-state index in [4.69, 9.17) is 13.6 Å². The van der Waals surface area contributed by atoms with Crippen LogP contribution in [0.25, 0.3) is 0 Å². The van der Waals surface area contributed by atoms with E-state index in [1.54, 1.807) is 6.92 Å². The number of aromatic nitrogens is 4. The van der Waals surface area contributed by atoms with Crippen molar-refractivity contribution in [2.45, 2.75) is 64.4 Å². The van der Waals surface area contributed by atoms with Gasteiger partial charge < -0.3 is 14.8 Å². The molecule has 0 radical (unpaired) electrons. The summed E-state index contributed by atoms with van der Waals surface area (Å²) >= 11 is 0. The van der Waals surface area contributed by atoms with Crippen LogP contribution < -0.4 is 5.32 Å². The fourth-order valence-electron chi connectivity index (χ4n) is 3.88. The number of esters is 2. The van der Waals surface area contributed by atoms with Crippen molar-refractivity contribution in [2.24, 2.45) is 17.8 Å². The third-order valence-electron chi connectivity index (χ3n) is 5.34. The number of hydrogen-bond donors (Lipinski definition) is 2. The number of rotatable bonds is 7. The van der Waals surface area contributed by atoms with E-state index in [0.29, 0.717) is 18.9 Å². The normalized spacial score (nSPS) is 33.7. The number of carbonyl (C=O) groups excluding carboxylic acids is 2. The van der Waals surface area contributed by atoms with Crippen LogP contribution in [0.2, 0.25) is 0 Å². The molecular weight excluding hydrogens is 350 g/mol. The quantitative estimate of drug-likeness (QED) is 0.671. The van der Waals surface area contributed by atoms with Gasteiger partial charge in [0.25, 0.3) is 0 Å². The summed E-state index contributed by atoms with van der Waals surface area (Å²) in [4.78, 5) is 24.3. The standard InChI is InChI=1S/C18H29N5O4/c1-3-26-17(24)11(2)27-18(25)15-9-14-8-12(4-6-13(14)10-19-15)5-7-16-20-22-23-21-16/h11-15,19H,3-10H2,1-2H3,(H,20,21,22,23)/t11-,12+,13-,14+,15-/m0/s1/i7D2,15D. The Balaban J connectivity index is 1.60. The zero-order valence-electron chi connectivity index (χ0n) is 18.7. The van der Waals surface area contributed by atoms with Gasteiger partial charge in [-0.05, 0) is 63.8 Å². The molecule has 5 atom stereocenters. The summed E-state index contributed by atoms with van der Waals surface area (Å²) in [5, 5.41) is 16.3. The van der Waals surface area contributed by atoms with Crippen LogP contribution in [-0.2, 0) is 25.4 Å². The predicted octanol–water partition coefficient (Wildman–Crippen LogP) is 1.02. The number of aryl methyl sites for hydroxylation is 1. The van der Waals surface area contributed by atoms with Crippen LogP contribution in [0.3, 0.4) is 0 Å². The van der Waals surface area contributed by atoms with Crippen LogP contribution in [-0.4, -0.2) is 57.8 Å². The molecule has 2 aliphatic rings. The lowest BCUT2D eigenvalue weighted by molar-refractivity contribution is -0.168. The lowest BCUT2D eigenvalue weighted by Gasteiger charge is -2.42. The fraction of sp³-hybridized carbons (Fsp3) is 0.833. The van der Waals surface area contributed by atoms with Gasteiger partial charge in [-0.2, -0.15) is 5.21 Å². The van der Waals surface area contributed by atoms with Crippen molar-refractivity contribution < 1.29 is 23.2 Å². The zero-order valence-corrected chi connectivity index (χ0v) is 15.7. The second-order valence-electron chi connectivity index (χ2n) is 7.18. The summed E-state index contributed by atoms with van der Waals surface area (Å²) in [5.41, 5.74) is 0. The van der Waals surface area contributed by atoms with E-state index in [1.165, 1.54) is 6.92 Å². The molecule has 3 rings (SSSR count). The first kappa shape index (κ1) is 16.0. The van der Waals surface area contributed by atoms with Crippen molar-refractivity contribution in [3.05, 3.63) is 5.82 Å². The molecule has 0 spiro atoms. The van der Waals surface area contributed by atoms with Crippen molar-refractivity contribution in [1.29, 1.82) is 0 Å². The molecule has 1 aliphatic heterocycles. The van der Waals surface area contributed by atoms with Crippen molar-refractivity contribution >= 4 is 11.9 Å². The Morgan fingerprint density at radius 2 is 2.22 bits per heavy atom. The van der Waals surface area contributed by atoms with Gasteiger partial charge in [0.05, 0.1) is 7.98 Å². The summed E-state index contributed by atoms with van der Waals surface area (Å²) in [6, 6.07) is -1.63. The minimum Gasteiger partial charge on any atom is -0.463 e. The largest absolute Gasteiger partial charge is 0.463 e. The number of nitrogens with zero attached hydrogens (tertiary/aromatic N) is 3. The predicted molar refractivity (Wildman–Crippen MR) is 95.4 cm³/mol. The highest BCUT2D eigenvalue weighted by Gasteiger charge is 2.38. The smallest absolute Gasteiger partial charge is 0.347 e. The number of carbonyl (C=O) groups is 2. The number of nitrogens with one attached hydrogen (secondary N) is 2. The molecule has 0 aromatic carbocycles. The summed E-state index contributed by atoms with van der Waals surface area (Å²) < 4.78 is 35.2. The minimum absolute atomic E-state index is 0.0429. The number of aromatic amines is 1. The maximum Gasteiger partial charge on any atom is 0.347 e. The highest BCUT2D eigenvalue weighted by molar-refractivity contribution is 5.81. The van der Waals surface area contributed by atoms with E-state index in [0.717, 1.165) is 12.8 Å². The Labute approximate surface area is 163 Å². The molecule has 0 amide bonds. The Bertz CT molecular complexity index is 750. The molecule has 2 fully saturated rings. The van der Waals surface area contributed by atoms with E-state index in [-0.39, 0.29) is 37.1 Å². The number of H-pyrrole nitrogens is 1. The molecule has 1 saturated carbocycles. The second-order valence-corrected chi connectivity index (χ2v) is 7.18. The molecule has 27 heavy (non-hydrogen) atoms. The van der Waals surface area contributed by atoms with E-state index < -0.39 is 30.4 Å². The molecule has 1 aromatic heterocycles. The lowest BCUT2D eigenvalue weighted by atomic mass is 9.69. The highest BCUT2D eigenvalue weighted by atomic mass is 16.6. The number of fused-ring (bicyclic) bond motifs is 1. The SMILES string of the molecule is [2H]C([2H])(C[C@H]1CC[C@H]2CN[C@]([2H])(C(=O)O[C@@H](C)C(=O)OCC)C[C@H]2C1)c1nn[nH]n1. The maximum absolute atomic E-state index is 12.6. The molecule has 9 nitrogen and oxygen atoms in total. The Morgan fingerprint density at radius 1 is 1.37 bits per heavy atom. The topological polar surface area (TPSA) is 119 Å². The number of piperidine rings is 1. The van der Waals surface area contributed by atoms with E-state index in [2.05, 4.69) is 25.9 Å². The Kier molecular flexibility index (Phi) is 5.47. The van der Waals surface area contributed by atoms with Crippen molar-refractivity contribution in [1.82, 2.24) is 25.9 Å². The molecule has 1 aliphatic carbocycles. The number of tetrazole rings is 1. The van der Waals surface area contributed by atoms with Gasteiger partial charge >= 0.3 is 11.9 Å². The van der Waals surface area contributed by atoms with Gasteiger partial charge in [-0.3, -0.25) is 4.79 Å². The number of ether oxygens (including phenoxy) is 2. The molecule has 150 valence electrons. The van der Waals surface area contributed by atoms with E-state index >= 15 is 0 Å². The first-order chi connectivity index (χ1) is 14.1. The van der Waals surface area contributed by atoms with Gasteiger partial charge in [0.1, 0.15) is 6.02 Å². The molecule has 1 saturated heterocycles. The van der Waals surface area contributed by atoms with Gasteiger partial charge in [-0.1, -0.05) is 11.6 Å². The van der Waals surface area contributed by atoms with Crippen LogP contribution >= 0.6 is 0 Å². The fourth-order valence-corrected chi connectivity index (χ4v) is 3.88. The van der Waals surface area contributed by atoms with Crippen molar-refractivity contribution in [3.63, 3.8) is 0 Å². The molecule has 2 heterocycles. The van der Waals surface area contributed by atoms with Gasteiger partial charge in [0.15, 0.2) is 11.9 Å². The second kappa shape index (κ2) is 9.25. The molecule has 0 unspecified atom stereocenters. The van der Waals surface area contributed by atoms with Gasteiger partial charge in [-0.15, -0.1) is 10.2 Å². The van der Waals surface area contributed by atoms with Crippen molar-refractivity contribution in [3.8, 4) is 0 Å².